The van der Waals surface area contributed by atoms with Gasteiger partial charge in [-0.05, 0) is 37.7 Å². The molecule has 2 aliphatic rings. The number of piperidine rings is 1. The first-order valence-electron chi connectivity index (χ1n) is 7.88. The molecule has 106 valence electrons. The highest BCUT2D eigenvalue weighted by Crippen LogP contribution is 2.38. The van der Waals surface area contributed by atoms with Crippen LogP contribution in [0.3, 0.4) is 0 Å². The monoisotopic (exact) mass is 270 g/mol. The number of H-pyrrole nitrogens is 1. The van der Waals surface area contributed by atoms with Crippen LogP contribution in [0.15, 0.2) is 12.3 Å². The summed E-state index contributed by atoms with van der Waals surface area (Å²) in [5, 5.41) is 0. The maximum Gasteiger partial charge on any atom is 0.156 e. The Morgan fingerprint density at radius 1 is 1.15 bits per heavy atom. The summed E-state index contributed by atoms with van der Waals surface area (Å²) in [7, 11) is 0. The number of anilines is 1. The molecule has 2 aromatic rings. The molecule has 0 unspecified atom stereocenters. The van der Waals surface area contributed by atoms with Gasteiger partial charge in [-0.2, -0.15) is 0 Å². The Morgan fingerprint density at radius 3 is 2.90 bits per heavy atom. The Bertz CT molecular complexity index is 618. The topological polar surface area (TPSA) is 44.8 Å². The van der Waals surface area contributed by atoms with Crippen LogP contribution in [0.25, 0.3) is 11.0 Å². The molecule has 2 atom stereocenters. The smallest absolute Gasteiger partial charge is 0.156 e. The second kappa shape index (κ2) is 4.76. The number of hydrogen-bond acceptors (Lipinski definition) is 3. The molecule has 0 spiro atoms. The van der Waals surface area contributed by atoms with E-state index in [9.17, 15) is 0 Å². The van der Waals surface area contributed by atoms with E-state index in [4.69, 9.17) is 4.98 Å². The van der Waals surface area contributed by atoms with Crippen LogP contribution in [-0.4, -0.2) is 28.0 Å². The lowest BCUT2D eigenvalue weighted by Crippen LogP contribution is -2.42. The van der Waals surface area contributed by atoms with E-state index in [0.29, 0.717) is 0 Å². The summed E-state index contributed by atoms with van der Waals surface area (Å²) in [4.78, 5) is 15.0. The Labute approximate surface area is 119 Å². The van der Waals surface area contributed by atoms with Gasteiger partial charge < -0.3 is 9.88 Å². The molecule has 4 nitrogen and oxygen atoms in total. The molecule has 0 radical (unpaired) electrons. The van der Waals surface area contributed by atoms with Gasteiger partial charge in [0.1, 0.15) is 11.3 Å². The van der Waals surface area contributed by atoms with Gasteiger partial charge in [0.15, 0.2) is 5.82 Å². The maximum absolute atomic E-state index is 4.72. The summed E-state index contributed by atoms with van der Waals surface area (Å²) >= 11 is 0. The summed E-state index contributed by atoms with van der Waals surface area (Å²) in [6.45, 7) is 4.31. The van der Waals surface area contributed by atoms with Crippen molar-refractivity contribution in [2.24, 2.45) is 11.8 Å². The molecule has 3 heterocycles. The largest absolute Gasteiger partial charge is 0.357 e. The predicted octanol–water partition coefficient (Wildman–Crippen LogP) is 3.28. The van der Waals surface area contributed by atoms with Crippen LogP contribution in [0.1, 0.15) is 37.9 Å². The van der Waals surface area contributed by atoms with Crippen molar-refractivity contribution in [3.8, 4) is 0 Å². The number of nitrogens with zero attached hydrogens (tertiary/aromatic N) is 3. The molecular formula is C16H22N4. The van der Waals surface area contributed by atoms with Crippen LogP contribution >= 0.6 is 0 Å². The molecule has 0 aromatic carbocycles. The Hall–Kier alpha value is -1.58. The molecule has 2 aromatic heterocycles. The van der Waals surface area contributed by atoms with Gasteiger partial charge in [-0.3, -0.25) is 0 Å². The SMILES string of the molecule is Cc1nc(N2CC[C@@H]3CCCC[C@H]3C2)c2[nH]ccc2n1. The average molecular weight is 270 g/mol. The van der Waals surface area contributed by atoms with Crippen LogP contribution in [-0.2, 0) is 0 Å². The Morgan fingerprint density at radius 2 is 2.00 bits per heavy atom. The summed E-state index contributed by atoms with van der Waals surface area (Å²) in [5.74, 6) is 3.82. The second-order valence-electron chi connectivity index (χ2n) is 6.37. The summed E-state index contributed by atoms with van der Waals surface area (Å²) in [6, 6.07) is 2.04. The fourth-order valence-corrected chi connectivity index (χ4v) is 4.06. The number of nitrogens with one attached hydrogen (secondary N) is 1. The second-order valence-corrected chi connectivity index (χ2v) is 6.37. The highest BCUT2D eigenvalue weighted by atomic mass is 15.2. The number of hydrogen-bond donors (Lipinski definition) is 1. The number of aromatic nitrogens is 3. The van der Waals surface area contributed by atoms with Crippen molar-refractivity contribution in [1.29, 1.82) is 0 Å². The third-order valence-corrected chi connectivity index (χ3v) is 5.09. The van der Waals surface area contributed by atoms with Crippen molar-refractivity contribution in [3.05, 3.63) is 18.1 Å². The normalized spacial score (nSPS) is 26.8. The van der Waals surface area contributed by atoms with Gasteiger partial charge in [0.25, 0.3) is 0 Å². The first-order chi connectivity index (χ1) is 9.81. The third kappa shape index (κ3) is 1.98. The lowest BCUT2D eigenvalue weighted by Gasteiger charge is -2.41. The summed E-state index contributed by atoms with van der Waals surface area (Å²) in [5.41, 5.74) is 2.14. The van der Waals surface area contributed by atoms with E-state index in [0.717, 1.165) is 41.1 Å². The highest BCUT2D eigenvalue weighted by Gasteiger charge is 2.32. The first-order valence-corrected chi connectivity index (χ1v) is 7.88. The molecule has 1 aliphatic heterocycles. The number of aromatic amines is 1. The zero-order chi connectivity index (χ0) is 13.5. The quantitative estimate of drug-likeness (QED) is 0.865. The van der Waals surface area contributed by atoms with Crippen LogP contribution < -0.4 is 4.90 Å². The maximum atomic E-state index is 4.72. The average Bonchev–Trinajstić information content (AvgIpc) is 2.94. The van der Waals surface area contributed by atoms with E-state index >= 15 is 0 Å². The van der Waals surface area contributed by atoms with Gasteiger partial charge in [0.2, 0.25) is 0 Å². The summed E-state index contributed by atoms with van der Waals surface area (Å²) < 4.78 is 0. The van der Waals surface area contributed by atoms with Crippen LogP contribution in [0.2, 0.25) is 0 Å². The van der Waals surface area contributed by atoms with Crippen molar-refractivity contribution in [2.45, 2.75) is 39.0 Å². The number of rotatable bonds is 1. The van der Waals surface area contributed by atoms with Gasteiger partial charge >= 0.3 is 0 Å². The van der Waals surface area contributed by atoms with E-state index in [1.165, 1.54) is 38.6 Å². The van der Waals surface area contributed by atoms with Crippen LogP contribution in [0.4, 0.5) is 5.82 Å². The van der Waals surface area contributed by atoms with E-state index in [-0.39, 0.29) is 0 Å². The third-order valence-electron chi connectivity index (χ3n) is 5.09. The van der Waals surface area contributed by atoms with Crippen LogP contribution in [0, 0.1) is 18.8 Å². The van der Waals surface area contributed by atoms with Crippen molar-refractivity contribution in [3.63, 3.8) is 0 Å². The molecule has 0 amide bonds. The highest BCUT2D eigenvalue weighted by molar-refractivity contribution is 5.86. The van der Waals surface area contributed by atoms with Crippen molar-refractivity contribution in [1.82, 2.24) is 15.0 Å². The van der Waals surface area contributed by atoms with Crippen molar-refractivity contribution in [2.75, 3.05) is 18.0 Å². The molecule has 4 rings (SSSR count). The minimum absolute atomic E-state index is 0.873. The van der Waals surface area contributed by atoms with E-state index in [1.54, 1.807) is 0 Å². The fraction of sp³-hybridized carbons (Fsp3) is 0.625. The molecule has 20 heavy (non-hydrogen) atoms. The molecule has 1 saturated carbocycles. The van der Waals surface area contributed by atoms with E-state index in [2.05, 4.69) is 14.9 Å². The van der Waals surface area contributed by atoms with Gasteiger partial charge in [-0.1, -0.05) is 19.3 Å². The minimum atomic E-state index is 0.873. The lowest BCUT2D eigenvalue weighted by molar-refractivity contribution is 0.202. The predicted molar refractivity (Wildman–Crippen MR) is 80.9 cm³/mol. The fourth-order valence-electron chi connectivity index (χ4n) is 4.06. The van der Waals surface area contributed by atoms with Gasteiger partial charge in [-0.15, -0.1) is 0 Å². The lowest BCUT2D eigenvalue weighted by atomic mass is 9.75. The molecule has 1 saturated heterocycles. The molecular weight excluding hydrogens is 248 g/mol. The molecule has 2 fully saturated rings. The zero-order valence-electron chi connectivity index (χ0n) is 12.1. The Kier molecular flexibility index (Phi) is 2.90. The molecule has 1 aliphatic carbocycles. The first kappa shape index (κ1) is 12.2. The van der Waals surface area contributed by atoms with Crippen LogP contribution in [0.5, 0.6) is 0 Å². The summed E-state index contributed by atoms with van der Waals surface area (Å²) in [6.07, 6.45) is 8.99. The Balaban J connectivity index is 1.67. The van der Waals surface area contributed by atoms with E-state index in [1.807, 2.05) is 19.2 Å². The molecule has 0 bridgehead atoms. The number of fused-ring (bicyclic) bond motifs is 2. The molecule has 1 N–H and O–H groups in total. The van der Waals surface area contributed by atoms with Gasteiger partial charge in [0, 0.05) is 19.3 Å². The van der Waals surface area contributed by atoms with E-state index < -0.39 is 0 Å². The number of aryl methyl sites for hydroxylation is 1. The van der Waals surface area contributed by atoms with Gasteiger partial charge in [-0.25, -0.2) is 9.97 Å². The van der Waals surface area contributed by atoms with Crippen molar-refractivity contribution >= 4 is 16.9 Å². The van der Waals surface area contributed by atoms with Crippen molar-refractivity contribution < 1.29 is 0 Å². The minimum Gasteiger partial charge on any atom is -0.357 e. The molecule has 4 heteroatoms. The zero-order valence-corrected chi connectivity index (χ0v) is 12.1. The standard InChI is InChI=1S/C16H22N4/c1-11-18-14-6-8-17-15(14)16(19-11)20-9-7-12-4-2-3-5-13(12)10-20/h6,8,12-13,17H,2-5,7,9-10H2,1H3/t12-,13-/m0/s1. The van der Waals surface area contributed by atoms with Gasteiger partial charge in [0.05, 0.1) is 5.52 Å².